The number of methoxy groups -OCH3 is 1. The predicted molar refractivity (Wildman–Crippen MR) is 73.9 cm³/mol. The maximum atomic E-state index is 11.8. The van der Waals surface area contributed by atoms with Gasteiger partial charge in [-0.3, -0.25) is 4.98 Å². The Morgan fingerprint density at radius 1 is 1.47 bits per heavy atom. The number of H-pyrrole nitrogens is 1. The first-order valence-electron chi connectivity index (χ1n) is 6.32. The van der Waals surface area contributed by atoms with Crippen molar-refractivity contribution in [2.45, 2.75) is 20.3 Å². The number of esters is 1. The molecule has 2 rings (SSSR count). The summed E-state index contributed by atoms with van der Waals surface area (Å²) in [5, 5.41) is 0. The Kier molecular flexibility index (Phi) is 4.00. The van der Waals surface area contributed by atoms with Gasteiger partial charge in [0.2, 0.25) is 0 Å². The van der Waals surface area contributed by atoms with Crippen LogP contribution in [0.25, 0.3) is 11.3 Å². The highest BCUT2D eigenvalue weighted by Gasteiger charge is 2.17. The van der Waals surface area contributed by atoms with Crippen LogP contribution < -0.4 is 0 Å². The number of aromatic nitrogens is 2. The number of pyridine rings is 1. The standard InChI is InChI=1S/C15H18N2O2/c1-10(2)7-14-12(15(18)19-3)8-13(17-14)11-5-4-6-16-9-11/h4-6,8-10,17H,7H2,1-3H3. The number of rotatable bonds is 4. The van der Waals surface area contributed by atoms with Crippen molar-refractivity contribution in [2.75, 3.05) is 7.11 Å². The lowest BCUT2D eigenvalue weighted by Gasteiger charge is -2.05. The third-order valence-corrected chi connectivity index (χ3v) is 2.89. The molecule has 0 bridgehead atoms. The summed E-state index contributed by atoms with van der Waals surface area (Å²) in [6, 6.07) is 5.66. The van der Waals surface area contributed by atoms with Crippen LogP contribution in [0, 0.1) is 5.92 Å². The Labute approximate surface area is 112 Å². The summed E-state index contributed by atoms with van der Waals surface area (Å²) in [5.41, 5.74) is 3.38. The first-order valence-corrected chi connectivity index (χ1v) is 6.32. The highest BCUT2D eigenvalue weighted by Crippen LogP contribution is 2.23. The number of nitrogens with one attached hydrogen (secondary N) is 1. The highest BCUT2D eigenvalue weighted by molar-refractivity contribution is 5.92. The van der Waals surface area contributed by atoms with E-state index in [1.807, 2.05) is 18.2 Å². The summed E-state index contributed by atoms with van der Waals surface area (Å²) in [6.07, 6.45) is 4.30. The van der Waals surface area contributed by atoms with E-state index in [-0.39, 0.29) is 5.97 Å². The van der Waals surface area contributed by atoms with Gasteiger partial charge in [-0.05, 0) is 30.5 Å². The van der Waals surface area contributed by atoms with Crippen molar-refractivity contribution in [3.63, 3.8) is 0 Å². The third-order valence-electron chi connectivity index (χ3n) is 2.89. The molecule has 2 aromatic rings. The molecule has 0 radical (unpaired) electrons. The second kappa shape index (κ2) is 5.69. The van der Waals surface area contributed by atoms with Crippen molar-refractivity contribution < 1.29 is 9.53 Å². The van der Waals surface area contributed by atoms with Crippen molar-refractivity contribution >= 4 is 5.97 Å². The fraction of sp³-hybridized carbons (Fsp3) is 0.333. The molecule has 0 fully saturated rings. The van der Waals surface area contributed by atoms with Crippen LogP contribution in [0.15, 0.2) is 30.6 Å². The van der Waals surface area contributed by atoms with Gasteiger partial charge in [0.15, 0.2) is 0 Å². The zero-order valence-corrected chi connectivity index (χ0v) is 11.4. The van der Waals surface area contributed by atoms with Crippen LogP contribution in [0.2, 0.25) is 0 Å². The fourth-order valence-corrected chi connectivity index (χ4v) is 2.04. The summed E-state index contributed by atoms with van der Waals surface area (Å²) in [7, 11) is 1.40. The molecular weight excluding hydrogens is 240 g/mol. The van der Waals surface area contributed by atoms with Crippen LogP contribution >= 0.6 is 0 Å². The molecule has 4 nitrogen and oxygen atoms in total. The van der Waals surface area contributed by atoms with Gasteiger partial charge in [-0.2, -0.15) is 0 Å². The Balaban J connectivity index is 2.42. The van der Waals surface area contributed by atoms with E-state index in [0.717, 1.165) is 23.4 Å². The lowest BCUT2D eigenvalue weighted by molar-refractivity contribution is 0.0599. The van der Waals surface area contributed by atoms with Gasteiger partial charge in [0.25, 0.3) is 0 Å². The second-order valence-corrected chi connectivity index (χ2v) is 4.91. The number of carbonyl (C=O) groups is 1. The molecule has 100 valence electrons. The van der Waals surface area contributed by atoms with Gasteiger partial charge < -0.3 is 9.72 Å². The molecular formula is C15H18N2O2. The van der Waals surface area contributed by atoms with Gasteiger partial charge in [-0.25, -0.2) is 4.79 Å². The normalized spacial score (nSPS) is 10.7. The second-order valence-electron chi connectivity index (χ2n) is 4.91. The number of carbonyl (C=O) groups excluding carboxylic acids is 1. The Hall–Kier alpha value is -2.10. The molecule has 0 aliphatic heterocycles. The van der Waals surface area contributed by atoms with E-state index in [2.05, 4.69) is 23.8 Å². The zero-order valence-electron chi connectivity index (χ0n) is 11.4. The molecule has 2 aromatic heterocycles. The van der Waals surface area contributed by atoms with E-state index in [4.69, 9.17) is 4.74 Å². The van der Waals surface area contributed by atoms with Crippen molar-refractivity contribution in [1.82, 2.24) is 9.97 Å². The van der Waals surface area contributed by atoms with Crippen molar-refractivity contribution in [2.24, 2.45) is 5.92 Å². The minimum absolute atomic E-state index is 0.304. The quantitative estimate of drug-likeness (QED) is 0.857. The molecule has 0 aromatic carbocycles. The molecule has 0 saturated carbocycles. The largest absolute Gasteiger partial charge is 0.465 e. The first-order chi connectivity index (χ1) is 9.11. The molecule has 0 unspecified atom stereocenters. The van der Waals surface area contributed by atoms with E-state index in [0.29, 0.717) is 11.5 Å². The van der Waals surface area contributed by atoms with Crippen molar-refractivity contribution in [1.29, 1.82) is 0 Å². The predicted octanol–water partition coefficient (Wildman–Crippen LogP) is 3.06. The van der Waals surface area contributed by atoms with Gasteiger partial charge in [0, 0.05) is 29.3 Å². The van der Waals surface area contributed by atoms with E-state index in [9.17, 15) is 4.79 Å². The van der Waals surface area contributed by atoms with Crippen molar-refractivity contribution in [3.8, 4) is 11.3 Å². The number of aromatic amines is 1. The van der Waals surface area contributed by atoms with Gasteiger partial charge in [-0.1, -0.05) is 13.8 Å². The van der Waals surface area contributed by atoms with Gasteiger partial charge >= 0.3 is 5.97 Å². The van der Waals surface area contributed by atoms with Crippen LogP contribution in [0.5, 0.6) is 0 Å². The average molecular weight is 258 g/mol. The first kappa shape index (κ1) is 13.3. The number of hydrogen-bond donors (Lipinski definition) is 1. The SMILES string of the molecule is COC(=O)c1cc(-c2cccnc2)[nH]c1CC(C)C. The van der Waals surface area contributed by atoms with E-state index in [1.54, 1.807) is 12.4 Å². The molecule has 1 N–H and O–H groups in total. The smallest absolute Gasteiger partial charge is 0.339 e. The molecule has 0 atom stereocenters. The third kappa shape index (κ3) is 3.02. The molecule has 0 aliphatic rings. The number of nitrogens with zero attached hydrogens (tertiary/aromatic N) is 1. The minimum atomic E-state index is -0.304. The van der Waals surface area contributed by atoms with E-state index < -0.39 is 0 Å². The molecule has 0 spiro atoms. The van der Waals surface area contributed by atoms with Crippen LogP contribution in [0.4, 0.5) is 0 Å². The Morgan fingerprint density at radius 3 is 2.84 bits per heavy atom. The van der Waals surface area contributed by atoms with Gasteiger partial charge in [0.05, 0.1) is 12.7 Å². The lowest BCUT2D eigenvalue weighted by Crippen LogP contribution is -2.05. The van der Waals surface area contributed by atoms with Crippen LogP contribution in [0.1, 0.15) is 29.9 Å². The number of hydrogen-bond acceptors (Lipinski definition) is 3. The molecule has 0 amide bonds. The Bertz CT molecular complexity index is 559. The molecule has 19 heavy (non-hydrogen) atoms. The summed E-state index contributed by atoms with van der Waals surface area (Å²) < 4.78 is 4.83. The zero-order chi connectivity index (χ0) is 13.8. The number of ether oxygens (including phenoxy) is 1. The van der Waals surface area contributed by atoms with E-state index >= 15 is 0 Å². The summed E-state index contributed by atoms with van der Waals surface area (Å²) in [6.45, 7) is 4.23. The summed E-state index contributed by atoms with van der Waals surface area (Å²) in [5.74, 6) is 0.158. The summed E-state index contributed by atoms with van der Waals surface area (Å²) >= 11 is 0. The van der Waals surface area contributed by atoms with Gasteiger partial charge in [-0.15, -0.1) is 0 Å². The van der Waals surface area contributed by atoms with Crippen molar-refractivity contribution in [3.05, 3.63) is 41.9 Å². The van der Waals surface area contributed by atoms with Crippen LogP contribution in [-0.4, -0.2) is 23.0 Å². The Morgan fingerprint density at radius 2 is 2.26 bits per heavy atom. The molecule has 0 saturated heterocycles. The minimum Gasteiger partial charge on any atom is -0.465 e. The van der Waals surface area contributed by atoms with E-state index in [1.165, 1.54) is 7.11 Å². The fourth-order valence-electron chi connectivity index (χ4n) is 2.04. The highest BCUT2D eigenvalue weighted by atomic mass is 16.5. The van der Waals surface area contributed by atoms with Crippen LogP contribution in [0.3, 0.4) is 0 Å². The lowest BCUT2D eigenvalue weighted by atomic mass is 10.1. The van der Waals surface area contributed by atoms with Gasteiger partial charge in [0.1, 0.15) is 0 Å². The molecule has 2 heterocycles. The topological polar surface area (TPSA) is 55.0 Å². The van der Waals surface area contributed by atoms with Crippen LogP contribution in [-0.2, 0) is 11.2 Å². The monoisotopic (exact) mass is 258 g/mol. The maximum Gasteiger partial charge on any atom is 0.339 e. The summed E-state index contributed by atoms with van der Waals surface area (Å²) in [4.78, 5) is 19.2. The average Bonchev–Trinajstić information content (AvgIpc) is 2.82. The maximum absolute atomic E-state index is 11.8. The molecule has 0 aliphatic carbocycles. The molecule has 4 heteroatoms.